The maximum absolute atomic E-state index is 11.7. The summed E-state index contributed by atoms with van der Waals surface area (Å²) in [5, 5.41) is 4.06. The molecule has 0 radical (unpaired) electrons. The summed E-state index contributed by atoms with van der Waals surface area (Å²) in [6.45, 7) is 4.50. The van der Waals surface area contributed by atoms with Gasteiger partial charge in [0, 0.05) is 20.6 Å². The molecule has 0 unspecified atom stereocenters. The van der Waals surface area contributed by atoms with Crippen molar-refractivity contribution in [2.24, 2.45) is 0 Å². The number of nitrogens with one attached hydrogen (secondary N) is 1. The molecule has 1 aromatic rings. The summed E-state index contributed by atoms with van der Waals surface area (Å²) in [6.07, 6.45) is 2.36. The van der Waals surface area contributed by atoms with Crippen molar-refractivity contribution in [3.8, 4) is 0 Å². The van der Waals surface area contributed by atoms with Gasteiger partial charge in [0.15, 0.2) is 0 Å². The first-order chi connectivity index (χ1) is 7.88. The van der Waals surface area contributed by atoms with Crippen molar-refractivity contribution in [1.82, 2.24) is 23.8 Å². The summed E-state index contributed by atoms with van der Waals surface area (Å²) < 4.78 is 28.7. The lowest BCUT2D eigenvalue weighted by Crippen LogP contribution is -2.38. The number of hydrogen-bond acceptors (Lipinski definition) is 4. The van der Waals surface area contributed by atoms with E-state index in [1.165, 1.54) is 20.4 Å². The van der Waals surface area contributed by atoms with Crippen molar-refractivity contribution in [3.05, 3.63) is 12.2 Å². The second-order valence-electron chi connectivity index (χ2n) is 3.97. The van der Waals surface area contributed by atoms with Gasteiger partial charge in [0.1, 0.15) is 12.2 Å². The molecule has 7 nitrogen and oxygen atoms in total. The zero-order valence-electron chi connectivity index (χ0n) is 10.6. The second kappa shape index (κ2) is 5.56. The third-order valence-corrected chi connectivity index (χ3v) is 3.89. The number of nitrogens with zero attached hydrogens (tertiary/aromatic N) is 4. The molecule has 1 aromatic heterocycles. The average Bonchev–Trinajstić information content (AvgIpc) is 2.65. The normalized spacial score (nSPS) is 14.2. The third-order valence-electron chi connectivity index (χ3n) is 2.27. The van der Waals surface area contributed by atoms with Crippen LogP contribution in [0.5, 0.6) is 0 Å². The van der Waals surface area contributed by atoms with Crippen LogP contribution in [0.25, 0.3) is 0 Å². The highest BCUT2D eigenvalue weighted by Crippen LogP contribution is 2.10. The van der Waals surface area contributed by atoms with Crippen LogP contribution in [0.1, 0.15) is 32.1 Å². The quantitative estimate of drug-likeness (QED) is 0.790. The molecular weight excluding hydrogens is 242 g/mol. The summed E-state index contributed by atoms with van der Waals surface area (Å²) in [4.78, 5) is 4.08. The van der Waals surface area contributed by atoms with Crippen LogP contribution in [0.3, 0.4) is 0 Å². The first-order valence-electron chi connectivity index (χ1n) is 5.46. The van der Waals surface area contributed by atoms with Crippen molar-refractivity contribution >= 4 is 10.2 Å². The Labute approximate surface area is 102 Å². The second-order valence-corrected chi connectivity index (χ2v) is 5.88. The van der Waals surface area contributed by atoms with Gasteiger partial charge in [-0.3, -0.25) is 0 Å². The number of hydrogen-bond donors (Lipinski definition) is 1. The zero-order chi connectivity index (χ0) is 13.1. The molecule has 0 aliphatic carbocycles. The van der Waals surface area contributed by atoms with E-state index in [1.54, 1.807) is 11.6 Å². The summed E-state index contributed by atoms with van der Waals surface area (Å²) in [5.41, 5.74) is 0. The molecule has 0 saturated carbocycles. The maximum atomic E-state index is 11.7. The van der Waals surface area contributed by atoms with Gasteiger partial charge in [0.2, 0.25) is 0 Å². The lowest BCUT2D eigenvalue weighted by molar-refractivity contribution is 0.477. The zero-order valence-corrected chi connectivity index (χ0v) is 11.4. The highest BCUT2D eigenvalue weighted by atomic mass is 32.2. The summed E-state index contributed by atoms with van der Waals surface area (Å²) in [7, 11) is -0.497. The lowest BCUT2D eigenvalue weighted by atomic mass is 10.3. The predicted molar refractivity (Wildman–Crippen MR) is 64.5 cm³/mol. The molecule has 1 rings (SSSR count). The Balaban J connectivity index is 2.83. The van der Waals surface area contributed by atoms with Gasteiger partial charge in [-0.15, -0.1) is 0 Å². The van der Waals surface area contributed by atoms with Crippen LogP contribution >= 0.6 is 0 Å². The standard InChI is InChI=1S/C9H19N5O2S/c1-5-6-14-9(10-7-11-14)8(2)12-17(15,16)13(3)4/h7-8,12H,5-6H2,1-4H3/t8-/m0/s1. The molecule has 1 heterocycles. The molecule has 1 N–H and O–H groups in total. The Morgan fingerprint density at radius 2 is 2.18 bits per heavy atom. The minimum Gasteiger partial charge on any atom is -0.249 e. The van der Waals surface area contributed by atoms with E-state index in [4.69, 9.17) is 0 Å². The van der Waals surface area contributed by atoms with E-state index in [0.29, 0.717) is 5.82 Å². The predicted octanol–water partition coefficient (Wildman–Crippen LogP) is 0.145. The van der Waals surface area contributed by atoms with E-state index in [2.05, 4.69) is 14.8 Å². The molecule has 8 heteroatoms. The van der Waals surface area contributed by atoms with Crippen molar-refractivity contribution < 1.29 is 8.42 Å². The Morgan fingerprint density at radius 1 is 1.53 bits per heavy atom. The van der Waals surface area contributed by atoms with Gasteiger partial charge < -0.3 is 0 Å². The van der Waals surface area contributed by atoms with Gasteiger partial charge in [-0.1, -0.05) is 6.92 Å². The van der Waals surface area contributed by atoms with Gasteiger partial charge in [-0.05, 0) is 13.3 Å². The van der Waals surface area contributed by atoms with Gasteiger partial charge >= 0.3 is 0 Å². The highest BCUT2D eigenvalue weighted by molar-refractivity contribution is 7.87. The molecule has 0 amide bonds. The Bertz CT molecular complexity index is 454. The Morgan fingerprint density at radius 3 is 2.71 bits per heavy atom. The van der Waals surface area contributed by atoms with E-state index in [1.807, 2.05) is 6.92 Å². The van der Waals surface area contributed by atoms with Crippen LogP contribution in [0.2, 0.25) is 0 Å². The maximum Gasteiger partial charge on any atom is 0.279 e. The first-order valence-corrected chi connectivity index (χ1v) is 6.90. The van der Waals surface area contributed by atoms with Crippen LogP contribution in [-0.4, -0.2) is 41.6 Å². The van der Waals surface area contributed by atoms with Gasteiger partial charge in [-0.2, -0.15) is 22.5 Å². The topological polar surface area (TPSA) is 80.1 Å². The first kappa shape index (κ1) is 14.1. The highest BCUT2D eigenvalue weighted by Gasteiger charge is 2.21. The minimum atomic E-state index is -3.45. The summed E-state index contributed by atoms with van der Waals surface area (Å²) >= 11 is 0. The molecule has 98 valence electrons. The fourth-order valence-electron chi connectivity index (χ4n) is 1.37. The smallest absolute Gasteiger partial charge is 0.249 e. The van der Waals surface area contributed by atoms with Crippen LogP contribution in [0.4, 0.5) is 0 Å². The van der Waals surface area contributed by atoms with Crippen LogP contribution in [-0.2, 0) is 16.8 Å². The van der Waals surface area contributed by atoms with E-state index in [0.717, 1.165) is 17.3 Å². The third kappa shape index (κ3) is 3.48. The fraction of sp³-hybridized carbons (Fsp3) is 0.778. The van der Waals surface area contributed by atoms with Crippen LogP contribution in [0.15, 0.2) is 6.33 Å². The molecule has 17 heavy (non-hydrogen) atoms. The van der Waals surface area contributed by atoms with Gasteiger partial charge in [0.25, 0.3) is 10.2 Å². The molecule has 0 aliphatic rings. The summed E-state index contributed by atoms with van der Waals surface area (Å²) in [6, 6.07) is -0.406. The largest absolute Gasteiger partial charge is 0.279 e. The lowest BCUT2D eigenvalue weighted by Gasteiger charge is -2.17. The molecule has 0 spiro atoms. The average molecular weight is 261 g/mol. The van der Waals surface area contributed by atoms with Crippen LogP contribution < -0.4 is 4.72 Å². The van der Waals surface area contributed by atoms with Crippen LogP contribution in [0, 0.1) is 0 Å². The molecule has 0 aliphatic heterocycles. The number of aryl methyl sites for hydroxylation is 1. The monoisotopic (exact) mass is 261 g/mol. The molecule has 0 fully saturated rings. The van der Waals surface area contributed by atoms with Gasteiger partial charge in [-0.25, -0.2) is 9.67 Å². The van der Waals surface area contributed by atoms with Gasteiger partial charge in [0.05, 0.1) is 6.04 Å². The van der Waals surface area contributed by atoms with E-state index < -0.39 is 16.3 Å². The van der Waals surface area contributed by atoms with Crippen molar-refractivity contribution in [2.75, 3.05) is 14.1 Å². The molecule has 0 bridgehead atoms. The molecule has 1 atom stereocenters. The van der Waals surface area contributed by atoms with E-state index >= 15 is 0 Å². The van der Waals surface area contributed by atoms with E-state index in [-0.39, 0.29) is 0 Å². The molecular formula is C9H19N5O2S. The van der Waals surface area contributed by atoms with Crippen molar-refractivity contribution in [2.45, 2.75) is 32.9 Å². The minimum absolute atomic E-state index is 0.406. The Hall–Kier alpha value is -0.990. The SMILES string of the molecule is CCCn1ncnc1[C@H](C)NS(=O)(=O)N(C)C. The molecule has 0 aromatic carbocycles. The van der Waals surface area contributed by atoms with E-state index in [9.17, 15) is 8.42 Å². The summed E-state index contributed by atoms with van der Waals surface area (Å²) in [5.74, 6) is 0.622. The molecule has 0 saturated heterocycles. The van der Waals surface area contributed by atoms with Crippen molar-refractivity contribution in [1.29, 1.82) is 0 Å². The fourth-order valence-corrected chi connectivity index (χ4v) is 2.14. The number of rotatable bonds is 6. The van der Waals surface area contributed by atoms with Crippen molar-refractivity contribution in [3.63, 3.8) is 0 Å². The Kier molecular flexibility index (Phi) is 4.61. The number of aromatic nitrogens is 3.